The zero-order valence-electron chi connectivity index (χ0n) is 13.6. The van der Waals surface area contributed by atoms with Gasteiger partial charge in [-0.05, 0) is 46.8 Å². The van der Waals surface area contributed by atoms with Gasteiger partial charge >= 0.3 is 6.03 Å². The molecule has 2 aromatic rings. The molecule has 2 atom stereocenters. The summed E-state index contributed by atoms with van der Waals surface area (Å²) in [5.74, 6) is 0.592. The number of rotatable bonds is 3. The van der Waals surface area contributed by atoms with Gasteiger partial charge in [0.05, 0.1) is 8.66 Å². The number of nitrogens with zero attached hydrogens (tertiary/aromatic N) is 3. The molecule has 2 aliphatic rings. The van der Waals surface area contributed by atoms with Gasteiger partial charge in [-0.3, -0.25) is 9.69 Å². The summed E-state index contributed by atoms with van der Waals surface area (Å²) < 4.78 is 6.60. The van der Waals surface area contributed by atoms with E-state index >= 15 is 0 Å². The molecule has 3 heterocycles. The number of carbonyl (C=O) groups excluding carboxylic acids is 2. The molecule has 1 N–H and O–H groups in total. The Kier molecular flexibility index (Phi) is 4.15. The summed E-state index contributed by atoms with van der Waals surface area (Å²) >= 11 is 4.87. The van der Waals surface area contributed by atoms with Gasteiger partial charge in [0.2, 0.25) is 5.89 Å². The molecule has 1 aliphatic carbocycles. The van der Waals surface area contributed by atoms with Gasteiger partial charge in [-0.25, -0.2) is 4.79 Å². The third kappa shape index (κ3) is 2.79. The maximum Gasteiger partial charge on any atom is 0.325 e. The maximum atomic E-state index is 12.9. The molecule has 7 nitrogen and oxygen atoms in total. The van der Waals surface area contributed by atoms with Crippen molar-refractivity contribution in [2.45, 2.75) is 44.7 Å². The van der Waals surface area contributed by atoms with E-state index in [4.69, 9.17) is 4.42 Å². The molecule has 0 unspecified atom stereocenters. The molecule has 1 saturated carbocycles. The number of thiophene rings is 1. The highest BCUT2D eigenvalue weighted by Gasteiger charge is 2.55. The summed E-state index contributed by atoms with van der Waals surface area (Å²) in [6, 6.07) is 3.39. The van der Waals surface area contributed by atoms with Crippen LogP contribution >= 0.6 is 27.3 Å². The van der Waals surface area contributed by atoms with Crippen LogP contribution in [0.1, 0.15) is 38.5 Å². The van der Waals surface area contributed by atoms with Gasteiger partial charge in [-0.15, -0.1) is 21.5 Å². The third-order valence-corrected chi connectivity index (χ3v) is 6.66. The minimum absolute atomic E-state index is 0.00131. The van der Waals surface area contributed by atoms with E-state index in [0.29, 0.717) is 12.3 Å². The molecule has 0 radical (unpaired) electrons. The molecular formula is C16H17BrN4O3S. The zero-order chi connectivity index (χ0) is 17.6. The Labute approximate surface area is 156 Å². The molecule has 0 bridgehead atoms. The highest BCUT2D eigenvalue weighted by molar-refractivity contribution is 9.11. The van der Waals surface area contributed by atoms with Crippen LogP contribution in [-0.4, -0.2) is 32.6 Å². The maximum absolute atomic E-state index is 12.9. The standard InChI is InChI=1S/C16H17BrN4O3S/c1-9-4-2-3-7-16(9)14(22)21(15(23)18-16)8-12-19-20-13(24-12)10-5-6-11(17)25-10/h5-6,9H,2-4,7-8H2,1H3,(H,18,23)/t9-,16+/m1/s1. The number of urea groups is 1. The van der Waals surface area contributed by atoms with Crippen molar-refractivity contribution < 1.29 is 14.0 Å². The molecular weight excluding hydrogens is 408 g/mol. The highest BCUT2D eigenvalue weighted by atomic mass is 79.9. The van der Waals surface area contributed by atoms with Gasteiger partial charge in [0, 0.05) is 0 Å². The van der Waals surface area contributed by atoms with Gasteiger partial charge in [-0.2, -0.15) is 0 Å². The largest absolute Gasteiger partial charge is 0.418 e. The number of amides is 3. The van der Waals surface area contributed by atoms with Crippen LogP contribution < -0.4 is 5.32 Å². The predicted octanol–water partition coefficient (Wildman–Crippen LogP) is 3.56. The quantitative estimate of drug-likeness (QED) is 0.760. The lowest BCUT2D eigenvalue weighted by Gasteiger charge is -2.36. The minimum atomic E-state index is -0.767. The van der Waals surface area contributed by atoms with Crippen LogP contribution in [0.5, 0.6) is 0 Å². The van der Waals surface area contributed by atoms with E-state index in [1.54, 1.807) is 0 Å². The number of carbonyl (C=O) groups is 2. The normalized spacial score (nSPS) is 26.5. The van der Waals surface area contributed by atoms with E-state index in [1.807, 2.05) is 19.1 Å². The monoisotopic (exact) mass is 424 g/mol. The van der Waals surface area contributed by atoms with Gasteiger partial charge < -0.3 is 9.73 Å². The number of hydrogen-bond acceptors (Lipinski definition) is 6. The van der Waals surface area contributed by atoms with Crippen LogP contribution in [0, 0.1) is 5.92 Å². The van der Waals surface area contributed by atoms with Gasteiger partial charge in [0.25, 0.3) is 11.8 Å². The van der Waals surface area contributed by atoms with E-state index in [9.17, 15) is 9.59 Å². The number of halogens is 1. The van der Waals surface area contributed by atoms with Crippen LogP contribution in [0.15, 0.2) is 20.3 Å². The van der Waals surface area contributed by atoms with Gasteiger partial charge in [-0.1, -0.05) is 19.8 Å². The molecule has 3 amide bonds. The second kappa shape index (κ2) is 6.21. The molecule has 4 rings (SSSR count). The highest BCUT2D eigenvalue weighted by Crippen LogP contribution is 2.38. The molecule has 1 aliphatic heterocycles. The number of nitrogens with one attached hydrogen (secondary N) is 1. The van der Waals surface area contributed by atoms with Gasteiger partial charge in [0.1, 0.15) is 12.1 Å². The molecule has 2 aromatic heterocycles. The number of imide groups is 1. The third-order valence-electron chi connectivity index (χ3n) is 5.05. The topological polar surface area (TPSA) is 88.3 Å². The van der Waals surface area contributed by atoms with Crippen molar-refractivity contribution in [3.05, 3.63) is 21.8 Å². The summed E-state index contributed by atoms with van der Waals surface area (Å²) in [5.41, 5.74) is -0.767. The Morgan fingerprint density at radius 1 is 1.40 bits per heavy atom. The predicted molar refractivity (Wildman–Crippen MR) is 94.8 cm³/mol. The Morgan fingerprint density at radius 3 is 2.96 bits per heavy atom. The molecule has 2 fully saturated rings. The number of hydrogen-bond donors (Lipinski definition) is 1. The van der Waals surface area contributed by atoms with Crippen molar-refractivity contribution in [1.29, 1.82) is 0 Å². The number of aromatic nitrogens is 2. The summed E-state index contributed by atoms with van der Waals surface area (Å²) in [6.45, 7) is 2.03. The first-order valence-corrected chi connectivity index (χ1v) is 9.83. The van der Waals surface area contributed by atoms with Crippen LogP contribution in [0.3, 0.4) is 0 Å². The molecule has 1 spiro atoms. The molecule has 9 heteroatoms. The minimum Gasteiger partial charge on any atom is -0.418 e. The second-order valence-corrected chi connectivity index (χ2v) is 9.01. The van der Waals surface area contributed by atoms with Crippen LogP contribution in [0.25, 0.3) is 10.8 Å². The van der Waals surface area contributed by atoms with Crippen molar-refractivity contribution in [3.8, 4) is 10.8 Å². The SMILES string of the molecule is C[C@@H]1CCCC[C@]12NC(=O)N(Cc1nnc(-c3ccc(Br)s3)o1)C2=O. The van der Waals surface area contributed by atoms with E-state index in [1.165, 1.54) is 16.2 Å². The Hall–Kier alpha value is -1.74. The molecule has 1 saturated heterocycles. The molecule has 132 valence electrons. The first-order valence-electron chi connectivity index (χ1n) is 8.22. The van der Waals surface area contributed by atoms with E-state index in [0.717, 1.165) is 27.9 Å². The van der Waals surface area contributed by atoms with Crippen molar-refractivity contribution in [2.75, 3.05) is 0 Å². The average Bonchev–Trinajstić information content (AvgIpc) is 3.27. The van der Waals surface area contributed by atoms with Crippen molar-refractivity contribution in [3.63, 3.8) is 0 Å². The molecule has 0 aromatic carbocycles. The zero-order valence-corrected chi connectivity index (χ0v) is 16.0. The van der Waals surface area contributed by atoms with Crippen molar-refractivity contribution >= 4 is 39.2 Å². The van der Waals surface area contributed by atoms with Gasteiger partial charge in [0.15, 0.2) is 0 Å². The fourth-order valence-electron chi connectivity index (χ4n) is 3.62. The Morgan fingerprint density at radius 2 is 2.24 bits per heavy atom. The Balaban J connectivity index is 1.54. The van der Waals surface area contributed by atoms with Crippen LogP contribution in [-0.2, 0) is 11.3 Å². The summed E-state index contributed by atoms with van der Waals surface area (Å²) in [5, 5.41) is 10.9. The lowest BCUT2D eigenvalue weighted by molar-refractivity contribution is -0.134. The van der Waals surface area contributed by atoms with Crippen LogP contribution in [0.4, 0.5) is 4.79 Å². The van der Waals surface area contributed by atoms with Crippen LogP contribution in [0.2, 0.25) is 0 Å². The fourth-order valence-corrected chi connectivity index (χ4v) is 4.93. The van der Waals surface area contributed by atoms with E-state index in [-0.39, 0.29) is 30.3 Å². The average molecular weight is 425 g/mol. The molecule has 25 heavy (non-hydrogen) atoms. The lowest BCUT2D eigenvalue weighted by Crippen LogP contribution is -2.53. The summed E-state index contributed by atoms with van der Waals surface area (Å²) in [7, 11) is 0. The second-order valence-electron chi connectivity index (χ2n) is 6.54. The fraction of sp³-hybridized carbons (Fsp3) is 0.500. The first kappa shape index (κ1) is 16.7. The summed E-state index contributed by atoms with van der Waals surface area (Å²) in [4.78, 5) is 27.4. The van der Waals surface area contributed by atoms with E-state index < -0.39 is 5.54 Å². The first-order chi connectivity index (χ1) is 12.0. The van der Waals surface area contributed by atoms with E-state index in [2.05, 4.69) is 31.4 Å². The van der Waals surface area contributed by atoms with Crippen molar-refractivity contribution in [1.82, 2.24) is 20.4 Å². The Bertz CT molecular complexity index is 835. The summed E-state index contributed by atoms with van der Waals surface area (Å²) in [6.07, 6.45) is 3.67. The van der Waals surface area contributed by atoms with Crippen molar-refractivity contribution in [2.24, 2.45) is 5.92 Å². The lowest BCUT2D eigenvalue weighted by atomic mass is 9.73. The smallest absolute Gasteiger partial charge is 0.325 e.